The summed E-state index contributed by atoms with van der Waals surface area (Å²) in [6.07, 6.45) is 6.20. The third-order valence-corrected chi connectivity index (χ3v) is 6.44. The third kappa shape index (κ3) is 5.80. The molecule has 1 aliphatic rings. The van der Waals surface area contributed by atoms with Crippen molar-refractivity contribution in [2.75, 3.05) is 19.6 Å². The third-order valence-electron chi connectivity index (χ3n) is 5.24. The summed E-state index contributed by atoms with van der Waals surface area (Å²) in [5.74, 6) is -0.186. The predicted octanol–water partition coefficient (Wildman–Crippen LogP) is 5.01. The molecule has 0 aliphatic carbocycles. The SMILES string of the molecule is CCCCCCNC(=O)C1CCCN(C(=O)c2csc(-c3ccccc3Cl)n2)C1. The van der Waals surface area contributed by atoms with Crippen LogP contribution in [0.3, 0.4) is 0 Å². The maximum atomic E-state index is 12.9. The minimum atomic E-state index is -0.138. The average Bonchev–Trinajstić information content (AvgIpc) is 3.23. The van der Waals surface area contributed by atoms with E-state index in [1.807, 2.05) is 24.3 Å². The van der Waals surface area contributed by atoms with Crippen molar-refractivity contribution in [3.63, 3.8) is 0 Å². The molecule has 0 bridgehead atoms. The molecule has 0 spiro atoms. The smallest absolute Gasteiger partial charge is 0.273 e. The number of carbonyl (C=O) groups excluding carboxylic acids is 2. The molecule has 1 aliphatic heterocycles. The summed E-state index contributed by atoms with van der Waals surface area (Å²) in [5, 5.41) is 6.17. The van der Waals surface area contributed by atoms with Crippen LogP contribution in [0.5, 0.6) is 0 Å². The zero-order valence-corrected chi connectivity index (χ0v) is 18.4. The molecule has 1 atom stereocenters. The number of rotatable bonds is 8. The first-order chi connectivity index (χ1) is 14.1. The molecular formula is C22H28ClN3O2S. The molecule has 7 heteroatoms. The van der Waals surface area contributed by atoms with Crippen LogP contribution in [0.25, 0.3) is 10.6 Å². The highest BCUT2D eigenvalue weighted by atomic mass is 35.5. The molecular weight excluding hydrogens is 406 g/mol. The Morgan fingerprint density at radius 2 is 2.10 bits per heavy atom. The molecule has 0 saturated carbocycles. The Morgan fingerprint density at radius 3 is 2.90 bits per heavy atom. The van der Waals surface area contributed by atoms with Crippen LogP contribution in [0.4, 0.5) is 0 Å². The lowest BCUT2D eigenvalue weighted by Gasteiger charge is -2.31. The number of benzene rings is 1. The van der Waals surface area contributed by atoms with Crippen LogP contribution in [-0.2, 0) is 4.79 Å². The minimum Gasteiger partial charge on any atom is -0.356 e. The van der Waals surface area contributed by atoms with E-state index >= 15 is 0 Å². The lowest BCUT2D eigenvalue weighted by atomic mass is 9.97. The lowest BCUT2D eigenvalue weighted by molar-refractivity contribution is -0.126. The van der Waals surface area contributed by atoms with Crippen molar-refractivity contribution in [2.45, 2.75) is 45.4 Å². The Labute approximate surface area is 181 Å². The molecule has 1 N–H and O–H groups in total. The van der Waals surface area contributed by atoms with Crippen molar-refractivity contribution in [3.05, 3.63) is 40.4 Å². The van der Waals surface area contributed by atoms with Gasteiger partial charge in [-0.1, -0.05) is 56.0 Å². The van der Waals surface area contributed by atoms with Crippen molar-refractivity contribution in [2.24, 2.45) is 5.92 Å². The molecule has 29 heavy (non-hydrogen) atoms. The van der Waals surface area contributed by atoms with Crippen LogP contribution in [-0.4, -0.2) is 41.3 Å². The summed E-state index contributed by atoms with van der Waals surface area (Å²) in [7, 11) is 0. The Morgan fingerprint density at radius 1 is 1.28 bits per heavy atom. The summed E-state index contributed by atoms with van der Waals surface area (Å²) in [6, 6.07) is 7.49. The molecule has 1 saturated heterocycles. The molecule has 2 amide bonds. The number of unbranched alkanes of at least 4 members (excludes halogenated alkanes) is 3. The van der Waals surface area contributed by atoms with Gasteiger partial charge in [-0.25, -0.2) is 4.98 Å². The minimum absolute atomic E-state index is 0.0639. The van der Waals surface area contributed by atoms with Gasteiger partial charge in [0.05, 0.1) is 10.9 Å². The van der Waals surface area contributed by atoms with Gasteiger partial charge in [-0.3, -0.25) is 9.59 Å². The Hall–Kier alpha value is -1.92. The largest absolute Gasteiger partial charge is 0.356 e. The second kappa shape index (κ2) is 10.7. The summed E-state index contributed by atoms with van der Waals surface area (Å²) in [6.45, 7) is 4.01. The van der Waals surface area contributed by atoms with E-state index in [0.29, 0.717) is 23.8 Å². The second-order valence-corrected chi connectivity index (χ2v) is 8.73. The Bertz CT molecular complexity index is 839. The fourth-order valence-corrected chi connectivity index (χ4v) is 4.69. The van der Waals surface area contributed by atoms with Gasteiger partial charge in [0.2, 0.25) is 5.91 Å². The van der Waals surface area contributed by atoms with E-state index in [-0.39, 0.29) is 17.7 Å². The van der Waals surface area contributed by atoms with Crippen LogP contribution in [0.15, 0.2) is 29.6 Å². The molecule has 0 radical (unpaired) electrons. The van der Waals surface area contributed by atoms with Gasteiger partial charge in [0.1, 0.15) is 10.7 Å². The van der Waals surface area contributed by atoms with Gasteiger partial charge >= 0.3 is 0 Å². The number of carbonyl (C=O) groups is 2. The van der Waals surface area contributed by atoms with E-state index in [1.165, 1.54) is 24.2 Å². The number of likely N-dealkylation sites (tertiary alicyclic amines) is 1. The molecule has 156 valence electrons. The highest BCUT2D eigenvalue weighted by Gasteiger charge is 2.29. The molecule has 2 aromatic rings. The van der Waals surface area contributed by atoms with Crippen LogP contribution < -0.4 is 5.32 Å². The zero-order valence-electron chi connectivity index (χ0n) is 16.8. The van der Waals surface area contributed by atoms with E-state index in [1.54, 1.807) is 10.3 Å². The predicted molar refractivity (Wildman–Crippen MR) is 118 cm³/mol. The highest BCUT2D eigenvalue weighted by molar-refractivity contribution is 7.13. The lowest BCUT2D eigenvalue weighted by Crippen LogP contribution is -2.45. The second-order valence-electron chi connectivity index (χ2n) is 7.46. The monoisotopic (exact) mass is 433 g/mol. The first kappa shape index (κ1) is 21.8. The van der Waals surface area contributed by atoms with E-state index in [2.05, 4.69) is 17.2 Å². The number of hydrogen-bond acceptors (Lipinski definition) is 4. The fourth-order valence-electron chi connectivity index (χ4n) is 3.58. The van der Waals surface area contributed by atoms with Crippen molar-refractivity contribution in [1.82, 2.24) is 15.2 Å². The van der Waals surface area contributed by atoms with E-state index in [4.69, 9.17) is 11.6 Å². The maximum Gasteiger partial charge on any atom is 0.273 e. The van der Waals surface area contributed by atoms with E-state index < -0.39 is 0 Å². The molecule has 3 rings (SSSR count). The maximum absolute atomic E-state index is 12.9. The van der Waals surface area contributed by atoms with Gasteiger partial charge in [-0.2, -0.15) is 0 Å². The van der Waals surface area contributed by atoms with Crippen molar-refractivity contribution in [3.8, 4) is 10.6 Å². The Kier molecular flexibility index (Phi) is 8.07. The number of piperidine rings is 1. The highest BCUT2D eigenvalue weighted by Crippen LogP contribution is 2.30. The Balaban J connectivity index is 1.57. The number of nitrogens with one attached hydrogen (secondary N) is 1. The van der Waals surface area contributed by atoms with Crippen LogP contribution >= 0.6 is 22.9 Å². The van der Waals surface area contributed by atoms with Gasteiger partial charge in [0.15, 0.2) is 0 Å². The normalized spacial score (nSPS) is 16.6. The fraction of sp³-hybridized carbons (Fsp3) is 0.500. The summed E-state index contributed by atoms with van der Waals surface area (Å²) < 4.78 is 0. The molecule has 1 unspecified atom stereocenters. The number of halogens is 1. The summed E-state index contributed by atoms with van der Waals surface area (Å²) in [5.41, 5.74) is 1.25. The van der Waals surface area contributed by atoms with Crippen LogP contribution in [0.1, 0.15) is 55.9 Å². The average molecular weight is 434 g/mol. The van der Waals surface area contributed by atoms with Crippen LogP contribution in [0.2, 0.25) is 5.02 Å². The first-order valence-corrected chi connectivity index (χ1v) is 11.6. The first-order valence-electron chi connectivity index (χ1n) is 10.4. The molecule has 5 nitrogen and oxygen atoms in total. The molecule has 2 heterocycles. The number of nitrogens with zero attached hydrogens (tertiary/aromatic N) is 2. The number of amides is 2. The number of thiazole rings is 1. The summed E-state index contributed by atoms with van der Waals surface area (Å²) >= 11 is 7.66. The van der Waals surface area contributed by atoms with Gasteiger partial charge < -0.3 is 10.2 Å². The van der Waals surface area contributed by atoms with Crippen LogP contribution in [0, 0.1) is 5.92 Å². The van der Waals surface area contributed by atoms with Gasteiger partial charge in [-0.05, 0) is 25.3 Å². The van der Waals surface area contributed by atoms with Gasteiger partial charge in [0.25, 0.3) is 5.91 Å². The van der Waals surface area contributed by atoms with Crippen molar-refractivity contribution in [1.29, 1.82) is 0 Å². The van der Waals surface area contributed by atoms with Gasteiger partial charge in [0, 0.05) is 30.6 Å². The quantitative estimate of drug-likeness (QED) is 0.595. The van der Waals surface area contributed by atoms with Crippen molar-refractivity contribution >= 4 is 34.8 Å². The summed E-state index contributed by atoms with van der Waals surface area (Å²) in [4.78, 5) is 31.7. The molecule has 1 aromatic carbocycles. The van der Waals surface area contributed by atoms with E-state index in [9.17, 15) is 9.59 Å². The van der Waals surface area contributed by atoms with Gasteiger partial charge in [-0.15, -0.1) is 11.3 Å². The topological polar surface area (TPSA) is 62.3 Å². The standard InChI is InChI=1S/C22H28ClN3O2S/c1-2-3-4-7-12-24-20(27)16-9-8-13-26(14-16)22(28)19-15-29-21(25-19)17-10-5-6-11-18(17)23/h5-6,10-11,15-16H,2-4,7-9,12-14H2,1H3,(H,24,27). The van der Waals surface area contributed by atoms with Crippen molar-refractivity contribution < 1.29 is 9.59 Å². The molecule has 1 aromatic heterocycles. The molecule has 1 fully saturated rings. The zero-order chi connectivity index (χ0) is 20.6. The van der Waals surface area contributed by atoms with E-state index in [0.717, 1.165) is 42.8 Å². The number of aromatic nitrogens is 1. The number of hydrogen-bond donors (Lipinski definition) is 1.